The number of anilines is 1. The highest BCUT2D eigenvalue weighted by molar-refractivity contribution is 5.46. The van der Waals surface area contributed by atoms with Crippen molar-refractivity contribution in [2.75, 3.05) is 5.32 Å². The average Bonchev–Trinajstić information content (AvgIpc) is 2.40. The molecule has 18 heavy (non-hydrogen) atoms. The first kappa shape index (κ1) is 12.5. The highest BCUT2D eigenvalue weighted by Gasteiger charge is 2.01. The van der Waals surface area contributed by atoms with E-state index in [9.17, 15) is 5.11 Å². The second-order valence-corrected chi connectivity index (χ2v) is 4.39. The van der Waals surface area contributed by atoms with Crippen LogP contribution in [0, 0.1) is 6.92 Å². The van der Waals surface area contributed by atoms with Crippen LogP contribution in [0.4, 0.5) is 5.69 Å². The number of nitrogens with two attached hydrogens (primary N) is 1. The number of aryl methyl sites for hydroxylation is 1. The van der Waals surface area contributed by atoms with Crippen molar-refractivity contribution < 1.29 is 5.11 Å². The van der Waals surface area contributed by atoms with Crippen LogP contribution in [0.15, 0.2) is 42.5 Å². The van der Waals surface area contributed by atoms with E-state index in [1.807, 2.05) is 43.3 Å². The Bertz CT molecular complexity index is 521. The van der Waals surface area contributed by atoms with Gasteiger partial charge in [0.2, 0.25) is 0 Å². The molecular formula is C15H18N2O. The molecule has 2 aromatic rings. The third-order valence-corrected chi connectivity index (χ3v) is 2.91. The molecule has 0 heterocycles. The molecule has 0 bridgehead atoms. The Balaban J connectivity index is 2.04. The van der Waals surface area contributed by atoms with Crippen molar-refractivity contribution in [3.8, 4) is 5.75 Å². The van der Waals surface area contributed by atoms with Gasteiger partial charge in [-0.05, 0) is 30.7 Å². The van der Waals surface area contributed by atoms with Crippen LogP contribution in [0.3, 0.4) is 0 Å². The van der Waals surface area contributed by atoms with Gasteiger partial charge in [-0.2, -0.15) is 0 Å². The fourth-order valence-electron chi connectivity index (χ4n) is 1.81. The van der Waals surface area contributed by atoms with Crippen molar-refractivity contribution in [3.63, 3.8) is 0 Å². The van der Waals surface area contributed by atoms with Crippen molar-refractivity contribution in [3.05, 3.63) is 59.2 Å². The lowest BCUT2D eigenvalue weighted by Crippen LogP contribution is -2.01. The van der Waals surface area contributed by atoms with Crippen molar-refractivity contribution in [2.24, 2.45) is 5.73 Å². The van der Waals surface area contributed by atoms with Crippen molar-refractivity contribution in [2.45, 2.75) is 20.0 Å². The van der Waals surface area contributed by atoms with E-state index < -0.39 is 0 Å². The van der Waals surface area contributed by atoms with Crippen LogP contribution in [-0.4, -0.2) is 5.11 Å². The number of rotatable bonds is 4. The molecule has 3 heteroatoms. The molecule has 0 saturated carbocycles. The number of benzene rings is 2. The molecule has 0 saturated heterocycles. The van der Waals surface area contributed by atoms with Gasteiger partial charge in [0.25, 0.3) is 0 Å². The van der Waals surface area contributed by atoms with Crippen LogP contribution in [0.25, 0.3) is 0 Å². The number of nitrogens with one attached hydrogen (secondary N) is 1. The Morgan fingerprint density at radius 2 is 1.83 bits per heavy atom. The van der Waals surface area contributed by atoms with Gasteiger partial charge >= 0.3 is 0 Å². The summed E-state index contributed by atoms with van der Waals surface area (Å²) in [4.78, 5) is 0. The maximum atomic E-state index is 9.74. The summed E-state index contributed by atoms with van der Waals surface area (Å²) in [5.41, 5.74) is 9.72. The lowest BCUT2D eigenvalue weighted by Gasteiger charge is -2.09. The highest BCUT2D eigenvalue weighted by Crippen LogP contribution is 2.19. The Morgan fingerprint density at radius 3 is 2.50 bits per heavy atom. The summed E-state index contributed by atoms with van der Waals surface area (Å²) in [6.07, 6.45) is 0. The topological polar surface area (TPSA) is 58.3 Å². The van der Waals surface area contributed by atoms with E-state index in [-0.39, 0.29) is 0 Å². The Morgan fingerprint density at radius 1 is 1.11 bits per heavy atom. The summed E-state index contributed by atoms with van der Waals surface area (Å²) in [5, 5.41) is 13.0. The smallest absolute Gasteiger partial charge is 0.120 e. The first-order chi connectivity index (χ1) is 8.69. The van der Waals surface area contributed by atoms with Crippen molar-refractivity contribution in [1.82, 2.24) is 0 Å². The normalized spacial score (nSPS) is 10.3. The second-order valence-electron chi connectivity index (χ2n) is 4.39. The minimum atomic E-state index is 0.326. The lowest BCUT2D eigenvalue weighted by atomic mass is 10.1. The molecule has 94 valence electrons. The summed E-state index contributed by atoms with van der Waals surface area (Å²) >= 11 is 0. The molecule has 2 rings (SSSR count). The molecule has 0 unspecified atom stereocenters. The fraction of sp³-hybridized carbons (Fsp3) is 0.200. The molecule has 0 aliphatic heterocycles. The van der Waals surface area contributed by atoms with Gasteiger partial charge in [-0.3, -0.25) is 0 Å². The monoisotopic (exact) mass is 242 g/mol. The summed E-state index contributed by atoms with van der Waals surface area (Å²) < 4.78 is 0. The largest absolute Gasteiger partial charge is 0.508 e. The molecule has 0 amide bonds. The highest BCUT2D eigenvalue weighted by atomic mass is 16.3. The molecule has 0 aliphatic rings. The summed E-state index contributed by atoms with van der Waals surface area (Å²) in [6, 6.07) is 13.6. The van der Waals surface area contributed by atoms with E-state index in [2.05, 4.69) is 5.32 Å². The number of hydrogen-bond acceptors (Lipinski definition) is 3. The second kappa shape index (κ2) is 5.56. The maximum Gasteiger partial charge on any atom is 0.120 e. The zero-order chi connectivity index (χ0) is 13.0. The van der Waals surface area contributed by atoms with Gasteiger partial charge in [0.1, 0.15) is 5.75 Å². The van der Waals surface area contributed by atoms with Crippen LogP contribution < -0.4 is 11.1 Å². The third kappa shape index (κ3) is 3.02. The standard InChI is InChI=1S/C15H18N2O/c1-11-2-7-15(18)13(8-11)10-17-14-5-3-12(9-16)4-6-14/h2-8,17-18H,9-10,16H2,1H3. The predicted octanol–water partition coefficient (Wildman–Crippen LogP) is 2.77. The van der Waals surface area contributed by atoms with E-state index in [1.54, 1.807) is 6.07 Å². The van der Waals surface area contributed by atoms with Gasteiger partial charge < -0.3 is 16.2 Å². The van der Waals surface area contributed by atoms with Crippen LogP contribution in [0.2, 0.25) is 0 Å². The molecule has 0 fully saturated rings. The number of hydrogen-bond donors (Lipinski definition) is 3. The van der Waals surface area contributed by atoms with Crippen LogP contribution in [0.5, 0.6) is 5.75 Å². The Labute approximate surface area is 107 Å². The summed E-state index contributed by atoms with van der Waals surface area (Å²) in [7, 11) is 0. The molecule has 3 nitrogen and oxygen atoms in total. The average molecular weight is 242 g/mol. The molecular weight excluding hydrogens is 224 g/mol. The number of phenolic OH excluding ortho intramolecular Hbond substituents is 1. The molecule has 0 atom stereocenters. The molecule has 0 spiro atoms. The minimum absolute atomic E-state index is 0.326. The minimum Gasteiger partial charge on any atom is -0.508 e. The van der Waals surface area contributed by atoms with Gasteiger partial charge in [-0.25, -0.2) is 0 Å². The Hall–Kier alpha value is -2.00. The SMILES string of the molecule is Cc1ccc(O)c(CNc2ccc(CN)cc2)c1. The van der Waals surface area contributed by atoms with Crippen molar-refractivity contribution in [1.29, 1.82) is 0 Å². The van der Waals surface area contributed by atoms with E-state index >= 15 is 0 Å². The van der Waals surface area contributed by atoms with Crippen LogP contribution >= 0.6 is 0 Å². The molecule has 2 aromatic carbocycles. The zero-order valence-electron chi connectivity index (χ0n) is 10.5. The van der Waals surface area contributed by atoms with Gasteiger partial charge in [-0.1, -0.05) is 29.8 Å². The van der Waals surface area contributed by atoms with Crippen molar-refractivity contribution >= 4 is 5.69 Å². The zero-order valence-corrected chi connectivity index (χ0v) is 10.5. The number of aromatic hydroxyl groups is 1. The maximum absolute atomic E-state index is 9.74. The summed E-state index contributed by atoms with van der Waals surface area (Å²) in [6.45, 7) is 3.17. The van der Waals surface area contributed by atoms with E-state index in [0.29, 0.717) is 18.8 Å². The first-order valence-corrected chi connectivity index (χ1v) is 6.00. The molecule has 0 aromatic heterocycles. The number of phenols is 1. The van der Waals surface area contributed by atoms with Gasteiger partial charge in [0.05, 0.1) is 0 Å². The van der Waals surface area contributed by atoms with Crippen LogP contribution in [0.1, 0.15) is 16.7 Å². The van der Waals surface area contributed by atoms with E-state index in [1.165, 1.54) is 0 Å². The molecule has 0 radical (unpaired) electrons. The van der Waals surface area contributed by atoms with Gasteiger partial charge in [0, 0.05) is 24.3 Å². The fourth-order valence-corrected chi connectivity index (χ4v) is 1.81. The third-order valence-electron chi connectivity index (χ3n) is 2.91. The quantitative estimate of drug-likeness (QED) is 0.772. The molecule has 4 N–H and O–H groups in total. The first-order valence-electron chi connectivity index (χ1n) is 6.00. The van der Waals surface area contributed by atoms with Gasteiger partial charge in [-0.15, -0.1) is 0 Å². The van der Waals surface area contributed by atoms with E-state index in [0.717, 1.165) is 22.4 Å². The van der Waals surface area contributed by atoms with Gasteiger partial charge in [0.15, 0.2) is 0 Å². The predicted molar refractivity (Wildman–Crippen MR) is 74.5 cm³/mol. The molecule has 0 aliphatic carbocycles. The van der Waals surface area contributed by atoms with Crippen LogP contribution in [-0.2, 0) is 13.1 Å². The summed E-state index contributed by atoms with van der Waals surface area (Å²) in [5.74, 6) is 0.326. The Kier molecular flexibility index (Phi) is 3.85. The van der Waals surface area contributed by atoms with E-state index in [4.69, 9.17) is 5.73 Å². The lowest BCUT2D eigenvalue weighted by molar-refractivity contribution is 0.469.